The molecule has 1 aromatic heterocycles. The Hall–Kier alpha value is -2.67. The van der Waals surface area contributed by atoms with Crippen LogP contribution in [0.2, 0.25) is 0 Å². The van der Waals surface area contributed by atoms with Gasteiger partial charge in [-0.25, -0.2) is 4.98 Å². The number of carbonyl (C=O) groups excluding carboxylic acids is 2. The van der Waals surface area contributed by atoms with Gasteiger partial charge in [0.15, 0.2) is 0 Å². The largest absolute Gasteiger partial charge is 0.348 e. The second kappa shape index (κ2) is 11.8. The van der Waals surface area contributed by atoms with Gasteiger partial charge in [0.25, 0.3) is 5.91 Å². The van der Waals surface area contributed by atoms with E-state index in [0.717, 1.165) is 31.5 Å². The van der Waals surface area contributed by atoms with Gasteiger partial charge in [0, 0.05) is 24.9 Å². The molecule has 1 aromatic carbocycles. The van der Waals surface area contributed by atoms with Crippen LogP contribution in [0, 0.1) is 5.92 Å². The van der Waals surface area contributed by atoms with Crippen LogP contribution in [0.3, 0.4) is 0 Å². The molecule has 0 saturated heterocycles. The molecule has 0 radical (unpaired) electrons. The minimum atomic E-state index is -0.724. The summed E-state index contributed by atoms with van der Waals surface area (Å²) in [6, 6.07) is 8.37. The molecule has 0 aliphatic heterocycles. The number of hydrazine groups is 1. The highest BCUT2D eigenvalue weighted by Gasteiger charge is 2.43. The smallest absolute Gasteiger partial charge is 0.261 e. The van der Waals surface area contributed by atoms with Crippen LogP contribution in [0.4, 0.5) is 0 Å². The Morgan fingerprint density at radius 1 is 1.31 bits per heavy atom. The number of unbranched alkanes of at least 4 members (excludes halogenated alkanes) is 1. The second-order valence-electron chi connectivity index (χ2n) is 8.86. The number of aryl methyl sites for hydroxylation is 1. The topological polar surface area (TPSA) is 90.1 Å². The molecule has 1 aliphatic rings. The normalized spacial score (nSPS) is 18.6. The third-order valence-electron chi connectivity index (χ3n) is 6.73. The summed E-state index contributed by atoms with van der Waals surface area (Å²) in [6.07, 6.45) is 11.4. The summed E-state index contributed by atoms with van der Waals surface area (Å²) in [7, 11) is 0. The van der Waals surface area contributed by atoms with E-state index in [2.05, 4.69) is 52.8 Å². The number of rotatable bonds is 13. The predicted molar refractivity (Wildman–Crippen MR) is 126 cm³/mol. The molecule has 2 amide bonds. The van der Waals surface area contributed by atoms with Crippen LogP contribution in [-0.2, 0) is 28.9 Å². The van der Waals surface area contributed by atoms with Crippen molar-refractivity contribution in [3.63, 3.8) is 0 Å². The van der Waals surface area contributed by atoms with Gasteiger partial charge in [0.1, 0.15) is 5.54 Å². The monoisotopic (exact) mass is 439 g/mol. The summed E-state index contributed by atoms with van der Waals surface area (Å²) >= 11 is 0. The van der Waals surface area contributed by atoms with Gasteiger partial charge >= 0.3 is 0 Å². The van der Waals surface area contributed by atoms with E-state index in [-0.39, 0.29) is 5.91 Å². The number of amides is 2. The van der Waals surface area contributed by atoms with Gasteiger partial charge in [-0.15, -0.1) is 0 Å². The van der Waals surface area contributed by atoms with Crippen LogP contribution in [0.5, 0.6) is 0 Å². The number of carbonyl (C=O) groups is 2. The second-order valence-corrected chi connectivity index (χ2v) is 8.86. The molecule has 0 saturated carbocycles. The van der Waals surface area contributed by atoms with Gasteiger partial charge < -0.3 is 10.3 Å². The molecule has 3 rings (SSSR count). The van der Waals surface area contributed by atoms with E-state index in [0.29, 0.717) is 38.1 Å². The van der Waals surface area contributed by atoms with Gasteiger partial charge in [-0.2, -0.15) is 0 Å². The number of benzene rings is 1. The quantitative estimate of drug-likeness (QED) is 0.330. The Labute approximate surface area is 191 Å². The van der Waals surface area contributed by atoms with Gasteiger partial charge in [0.2, 0.25) is 6.41 Å². The summed E-state index contributed by atoms with van der Waals surface area (Å²) in [5.74, 6) is 0.471. The highest BCUT2D eigenvalue weighted by atomic mass is 16.2. The minimum Gasteiger partial charge on any atom is -0.348 e. The summed E-state index contributed by atoms with van der Waals surface area (Å²) in [4.78, 5) is 32.4. The van der Waals surface area contributed by atoms with Crippen LogP contribution in [0.1, 0.15) is 62.8 Å². The fraction of sp³-hybridized carbons (Fsp3) is 0.560. The molecule has 3 N–H and O–H groups in total. The zero-order chi connectivity index (χ0) is 22.8. The van der Waals surface area contributed by atoms with Crippen LogP contribution in [0.25, 0.3) is 0 Å². The molecular formula is C25H37N5O2. The van der Waals surface area contributed by atoms with E-state index in [4.69, 9.17) is 0 Å². The Morgan fingerprint density at radius 3 is 2.81 bits per heavy atom. The molecule has 2 aromatic rings. The Bertz CT molecular complexity index is 854. The van der Waals surface area contributed by atoms with E-state index in [1.54, 1.807) is 12.5 Å². The number of H-pyrrole nitrogens is 1. The maximum Gasteiger partial charge on any atom is 0.261 e. The van der Waals surface area contributed by atoms with Gasteiger partial charge in [-0.3, -0.25) is 20.0 Å². The Kier molecular flexibility index (Phi) is 8.85. The van der Waals surface area contributed by atoms with E-state index in [1.807, 2.05) is 6.07 Å². The van der Waals surface area contributed by atoms with Crippen molar-refractivity contribution in [1.29, 1.82) is 0 Å². The van der Waals surface area contributed by atoms with Crippen LogP contribution < -0.4 is 10.7 Å². The Balaban J connectivity index is 1.81. The molecule has 2 unspecified atom stereocenters. The van der Waals surface area contributed by atoms with Gasteiger partial charge in [0.05, 0.1) is 6.33 Å². The number of aromatic nitrogens is 2. The highest BCUT2D eigenvalue weighted by Crippen LogP contribution is 2.31. The van der Waals surface area contributed by atoms with Crippen molar-refractivity contribution in [2.75, 3.05) is 13.1 Å². The molecule has 32 heavy (non-hydrogen) atoms. The molecule has 2 atom stereocenters. The molecule has 7 heteroatoms. The van der Waals surface area contributed by atoms with E-state index < -0.39 is 5.54 Å². The van der Waals surface area contributed by atoms with Crippen molar-refractivity contribution in [2.45, 2.75) is 70.8 Å². The zero-order valence-corrected chi connectivity index (χ0v) is 19.4. The molecule has 0 fully saturated rings. The molecule has 7 nitrogen and oxygen atoms in total. The standard InChI is InChI=1S/C25H37N5O2/c1-3-5-8-20(4-2)16-28-25(13-11-21-9-6-7-10-22(21)15-25)24(32)30(29-19-31)14-12-23-17-26-18-27-23/h6-7,9-10,17-20,28H,3-5,8,11-16H2,1-2H3,(H,26,27)(H,29,31). The molecule has 0 bridgehead atoms. The highest BCUT2D eigenvalue weighted by molar-refractivity contribution is 5.87. The van der Waals surface area contributed by atoms with Crippen molar-refractivity contribution in [3.05, 3.63) is 53.6 Å². The predicted octanol–water partition coefficient (Wildman–Crippen LogP) is 3.18. The molecule has 0 spiro atoms. The third-order valence-corrected chi connectivity index (χ3v) is 6.73. The van der Waals surface area contributed by atoms with Crippen molar-refractivity contribution in [1.82, 2.24) is 25.7 Å². The average molecular weight is 440 g/mol. The SMILES string of the molecule is CCCCC(CC)CNC1(C(=O)N(CCc2cnc[nH]2)NC=O)CCc2ccccc2C1. The summed E-state index contributed by atoms with van der Waals surface area (Å²) in [5.41, 5.74) is 5.38. The lowest BCUT2D eigenvalue weighted by Gasteiger charge is -2.41. The molecule has 174 valence electrons. The molecule has 1 heterocycles. The number of nitrogens with zero attached hydrogens (tertiary/aromatic N) is 2. The first-order chi connectivity index (χ1) is 15.6. The lowest BCUT2D eigenvalue weighted by molar-refractivity contribution is -0.145. The molecular weight excluding hydrogens is 402 g/mol. The lowest BCUT2D eigenvalue weighted by atomic mass is 9.76. The first-order valence-corrected chi connectivity index (χ1v) is 11.9. The van der Waals surface area contributed by atoms with E-state index in [1.165, 1.54) is 29.0 Å². The third kappa shape index (κ3) is 5.97. The maximum absolute atomic E-state index is 13.9. The summed E-state index contributed by atoms with van der Waals surface area (Å²) in [6.45, 7) is 5.63. The number of fused-ring (bicyclic) bond motifs is 1. The summed E-state index contributed by atoms with van der Waals surface area (Å²) < 4.78 is 0. The van der Waals surface area contributed by atoms with Gasteiger partial charge in [-0.05, 0) is 49.3 Å². The molecule has 1 aliphatic carbocycles. The number of aromatic amines is 1. The van der Waals surface area contributed by atoms with Crippen LogP contribution in [-0.4, -0.2) is 45.9 Å². The van der Waals surface area contributed by atoms with E-state index >= 15 is 0 Å². The first kappa shape index (κ1) is 24.0. The zero-order valence-electron chi connectivity index (χ0n) is 19.4. The fourth-order valence-corrected chi connectivity index (χ4v) is 4.63. The number of imidazole rings is 1. The van der Waals surface area contributed by atoms with Crippen LogP contribution in [0.15, 0.2) is 36.8 Å². The summed E-state index contributed by atoms with van der Waals surface area (Å²) in [5, 5.41) is 5.17. The maximum atomic E-state index is 13.9. The van der Waals surface area contributed by atoms with Crippen molar-refractivity contribution in [3.8, 4) is 0 Å². The minimum absolute atomic E-state index is 0.0658. The number of hydrogen-bond donors (Lipinski definition) is 3. The fourth-order valence-electron chi connectivity index (χ4n) is 4.63. The van der Waals surface area contributed by atoms with Crippen molar-refractivity contribution in [2.24, 2.45) is 5.92 Å². The number of nitrogens with one attached hydrogen (secondary N) is 3. The van der Waals surface area contributed by atoms with Gasteiger partial charge in [-0.1, -0.05) is 57.4 Å². The van der Waals surface area contributed by atoms with Crippen LogP contribution >= 0.6 is 0 Å². The van der Waals surface area contributed by atoms with E-state index in [9.17, 15) is 9.59 Å². The van der Waals surface area contributed by atoms with Crippen molar-refractivity contribution < 1.29 is 9.59 Å². The lowest BCUT2D eigenvalue weighted by Crippen LogP contribution is -2.64. The Morgan fingerprint density at radius 2 is 2.12 bits per heavy atom. The first-order valence-electron chi connectivity index (χ1n) is 11.9. The number of hydrogen-bond acceptors (Lipinski definition) is 4. The van der Waals surface area contributed by atoms with Crippen molar-refractivity contribution >= 4 is 12.3 Å². The average Bonchev–Trinajstić information content (AvgIpc) is 3.35.